The zero-order valence-electron chi connectivity index (χ0n) is 14.7. The molecule has 1 fully saturated rings. The Kier molecular flexibility index (Phi) is 7.49. The highest BCUT2D eigenvalue weighted by Gasteiger charge is 2.33. The summed E-state index contributed by atoms with van der Waals surface area (Å²) in [6, 6.07) is 0. The van der Waals surface area contributed by atoms with Gasteiger partial charge in [0.2, 0.25) is 0 Å². The lowest BCUT2D eigenvalue weighted by Gasteiger charge is -2.30. The van der Waals surface area contributed by atoms with Crippen LogP contribution in [0, 0.1) is 5.92 Å². The summed E-state index contributed by atoms with van der Waals surface area (Å²) in [6.07, 6.45) is -0.847. The highest BCUT2D eigenvalue weighted by atomic mass is 32.1. The Hall–Kier alpha value is -1.35. The highest BCUT2D eigenvalue weighted by Crippen LogP contribution is 2.29. The maximum Gasteiger partial charge on any atom is 0.434 e. The Balaban J connectivity index is 1.64. The van der Waals surface area contributed by atoms with Crippen molar-refractivity contribution >= 4 is 17.3 Å². The minimum Gasteiger partial charge on any atom is -0.356 e. The van der Waals surface area contributed by atoms with E-state index >= 15 is 0 Å². The number of guanidine groups is 1. The summed E-state index contributed by atoms with van der Waals surface area (Å²) in [7, 11) is 1.64. The number of alkyl halides is 3. The van der Waals surface area contributed by atoms with Crippen molar-refractivity contribution in [1.82, 2.24) is 20.5 Å². The van der Waals surface area contributed by atoms with Gasteiger partial charge in [0.1, 0.15) is 5.01 Å². The van der Waals surface area contributed by atoms with Gasteiger partial charge in [-0.15, -0.1) is 11.3 Å². The van der Waals surface area contributed by atoms with Crippen LogP contribution in [0.3, 0.4) is 0 Å². The number of likely N-dealkylation sites (tertiary alicyclic amines) is 1. The van der Waals surface area contributed by atoms with Gasteiger partial charge in [-0.3, -0.25) is 4.99 Å². The van der Waals surface area contributed by atoms with Gasteiger partial charge < -0.3 is 15.5 Å². The van der Waals surface area contributed by atoms with E-state index in [4.69, 9.17) is 0 Å². The van der Waals surface area contributed by atoms with Crippen molar-refractivity contribution in [2.75, 3.05) is 33.2 Å². The van der Waals surface area contributed by atoms with E-state index in [2.05, 4.69) is 32.4 Å². The van der Waals surface area contributed by atoms with Crippen molar-refractivity contribution in [2.45, 2.75) is 38.9 Å². The van der Waals surface area contributed by atoms with Crippen LogP contribution in [-0.4, -0.2) is 49.1 Å². The van der Waals surface area contributed by atoms with Gasteiger partial charge in [-0.05, 0) is 44.8 Å². The summed E-state index contributed by atoms with van der Waals surface area (Å²) in [5, 5.41) is 7.61. The van der Waals surface area contributed by atoms with Gasteiger partial charge in [0.15, 0.2) is 11.7 Å². The van der Waals surface area contributed by atoms with Crippen molar-refractivity contribution in [3.05, 3.63) is 16.1 Å². The summed E-state index contributed by atoms with van der Waals surface area (Å²) in [5.74, 6) is 1.41. The molecule has 2 N–H and O–H groups in total. The van der Waals surface area contributed by atoms with Crippen molar-refractivity contribution < 1.29 is 13.2 Å². The van der Waals surface area contributed by atoms with Gasteiger partial charge in [-0.1, -0.05) is 6.92 Å². The van der Waals surface area contributed by atoms with Gasteiger partial charge >= 0.3 is 6.18 Å². The van der Waals surface area contributed by atoms with Crippen LogP contribution in [0.1, 0.15) is 36.9 Å². The molecule has 5 nitrogen and oxygen atoms in total. The maximum atomic E-state index is 12.5. The predicted octanol–water partition coefficient (Wildman–Crippen LogP) is 2.95. The molecule has 2 rings (SSSR count). The third-order valence-electron chi connectivity index (χ3n) is 4.29. The van der Waals surface area contributed by atoms with Crippen molar-refractivity contribution in [1.29, 1.82) is 0 Å². The lowest BCUT2D eigenvalue weighted by atomic mass is 9.99. The molecule has 9 heteroatoms. The molecule has 0 aromatic carbocycles. The average Bonchev–Trinajstić information content (AvgIpc) is 3.05. The molecule has 0 atom stereocenters. The van der Waals surface area contributed by atoms with Crippen LogP contribution in [0.4, 0.5) is 13.2 Å². The molecular formula is C16H26F3N5S. The second kappa shape index (κ2) is 9.38. The van der Waals surface area contributed by atoms with Crippen molar-refractivity contribution in [3.8, 4) is 0 Å². The maximum absolute atomic E-state index is 12.5. The van der Waals surface area contributed by atoms with Crippen LogP contribution in [0.2, 0.25) is 0 Å². The molecule has 2 heterocycles. The standard InChI is InChI=1S/C16H26F3N5S/c1-12-4-8-24(9-5-12)7-3-6-21-15(20-2)22-10-14-23-13(11-25-14)16(17,18)19/h11-12H,3-10H2,1-2H3,(H2,20,21,22). The van der Waals surface area contributed by atoms with E-state index in [0.717, 1.165) is 42.1 Å². The Morgan fingerprint density at radius 1 is 1.36 bits per heavy atom. The van der Waals surface area contributed by atoms with Crippen LogP contribution in [0.5, 0.6) is 0 Å². The molecule has 1 aromatic rings. The minimum atomic E-state index is -4.39. The summed E-state index contributed by atoms with van der Waals surface area (Å²) < 4.78 is 37.6. The van der Waals surface area contributed by atoms with Gasteiger partial charge in [-0.25, -0.2) is 4.98 Å². The van der Waals surface area contributed by atoms with E-state index in [1.807, 2.05) is 0 Å². The Labute approximate surface area is 150 Å². The molecule has 1 aliphatic heterocycles. The molecule has 0 unspecified atom stereocenters. The molecule has 0 radical (unpaired) electrons. The molecule has 1 saturated heterocycles. The normalized spacial score (nSPS) is 17.7. The topological polar surface area (TPSA) is 52.6 Å². The summed E-state index contributed by atoms with van der Waals surface area (Å²) in [6.45, 7) is 6.69. The van der Waals surface area contributed by atoms with Crippen molar-refractivity contribution in [2.24, 2.45) is 10.9 Å². The third-order valence-corrected chi connectivity index (χ3v) is 5.14. The van der Waals surface area contributed by atoms with Gasteiger partial charge in [-0.2, -0.15) is 13.2 Å². The third kappa shape index (κ3) is 6.81. The number of thiazole rings is 1. The minimum absolute atomic E-state index is 0.227. The first-order valence-electron chi connectivity index (χ1n) is 8.57. The molecule has 1 aromatic heterocycles. The number of nitrogens with one attached hydrogen (secondary N) is 2. The largest absolute Gasteiger partial charge is 0.434 e. The number of hydrogen-bond acceptors (Lipinski definition) is 4. The van der Waals surface area contributed by atoms with Crippen LogP contribution in [0.25, 0.3) is 0 Å². The van der Waals surface area contributed by atoms with E-state index < -0.39 is 11.9 Å². The number of piperidine rings is 1. The summed E-state index contributed by atoms with van der Waals surface area (Å²) >= 11 is 0.993. The fraction of sp³-hybridized carbons (Fsp3) is 0.750. The van der Waals surface area contributed by atoms with Crippen LogP contribution in [-0.2, 0) is 12.7 Å². The molecule has 25 heavy (non-hydrogen) atoms. The first-order chi connectivity index (χ1) is 11.9. The zero-order valence-corrected chi connectivity index (χ0v) is 15.5. The van der Waals surface area contributed by atoms with E-state index in [1.54, 1.807) is 7.05 Å². The van der Waals surface area contributed by atoms with Gasteiger partial charge in [0, 0.05) is 19.0 Å². The average molecular weight is 377 g/mol. The SMILES string of the molecule is CN=C(NCCCN1CCC(C)CC1)NCc1nc(C(F)(F)F)cs1. The number of aromatic nitrogens is 1. The van der Waals surface area contributed by atoms with Crippen LogP contribution >= 0.6 is 11.3 Å². The molecular weight excluding hydrogens is 351 g/mol. The summed E-state index contributed by atoms with van der Waals surface area (Å²) in [4.78, 5) is 10.2. The second-order valence-corrected chi connectivity index (χ2v) is 7.30. The lowest BCUT2D eigenvalue weighted by molar-refractivity contribution is -0.140. The lowest BCUT2D eigenvalue weighted by Crippen LogP contribution is -2.39. The smallest absolute Gasteiger partial charge is 0.356 e. The zero-order chi connectivity index (χ0) is 18.3. The van der Waals surface area contributed by atoms with E-state index in [1.165, 1.54) is 25.9 Å². The molecule has 0 amide bonds. The Morgan fingerprint density at radius 3 is 2.68 bits per heavy atom. The van der Waals surface area contributed by atoms with Crippen LogP contribution < -0.4 is 10.6 Å². The number of aliphatic imine (C=N–C) groups is 1. The molecule has 1 aliphatic rings. The monoisotopic (exact) mass is 377 g/mol. The molecule has 0 aliphatic carbocycles. The van der Waals surface area contributed by atoms with E-state index in [9.17, 15) is 13.2 Å². The Morgan fingerprint density at radius 2 is 2.08 bits per heavy atom. The first kappa shape index (κ1) is 20.0. The molecule has 142 valence electrons. The van der Waals surface area contributed by atoms with Crippen LogP contribution in [0.15, 0.2) is 10.4 Å². The predicted molar refractivity (Wildman–Crippen MR) is 94.8 cm³/mol. The molecule has 0 saturated carbocycles. The molecule has 0 spiro atoms. The van der Waals surface area contributed by atoms with E-state index in [-0.39, 0.29) is 6.54 Å². The number of hydrogen-bond donors (Lipinski definition) is 2. The number of rotatable bonds is 6. The van der Waals surface area contributed by atoms with Gasteiger partial charge in [0.05, 0.1) is 6.54 Å². The van der Waals surface area contributed by atoms with E-state index in [0.29, 0.717) is 11.0 Å². The number of nitrogens with zero attached hydrogens (tertiary/aromatic N) is 3. The first-order valence-corrected chi connectivity index (χ1v) is 9.45. The highest BCUT2D eigenvalue weighted by molar-refractivity contribution is 7.09. The fourth-order valence-electron chi connectivity index (χ4n) is 2.70. The number of halogens is 3. The second-order valence-electron chi connectivity index (χ2n) is 6.35. The summed E-state index contributed by atoms with van der Waals surface area (Å²) in [5.41, 5.74) is -0.840. The Bertz CT molecular complexity index is 550. The van der Waals surface area contributed by atoms with Gasteiger partial charge in [0.25, 0.3) is 0 Å². The van der Waals surface area contributed by atoms with Crippen molar-refractivity contribution in [3.63, 3.8) is 0 Å². The quantitative estimate of drug-likeness (QED) is 0.455. The molecule has 0 bridgehead atoms. The fourth-order valence-corrected chi connectivity index (χ4v) is 3.44.